The first-order chi connectivity index (χ1) is 5.55. The van der Waals surface area contributed by atoms with E-state index in [-0.39, 0.29) is 10.1 Å². The third kappa shape index (κ3) is 1.67. The molecule has 0 fully saturated rings. The van der Waals surface area contributed by atoms with Gasteiger partial charge in [-0.3, -0.25) is 0 Å². The van der Waals surface area contributed by atoms with Gasteiger partial charge in [-0.25, -0.2) is 8.42 Å². The van der Waals surface area contributed by atoms with Crippen molar-refractivity contribution >= 4 is 9.84 Å². The molecule has 0 saturated carbocycles. The molecule has 0 aliphatic carbocycles. The van der Waals surface area contributed by atoms with Crippen LogP contribution in [0.25, 0.3) is 0 Å². The van der Waals surface area contributed by atoms with Crippen LogP contribution in [0.3, 0.4) is 0 Å². The largest absolute Gasteiger partial charge is 0.223 e. The van der Waals surface area contributed by atoms with E-state index in [0.29, 0.717) is 0 Å². The lowest BCUT2D eigenvalue weighted by Gasteiger charge is -2.05. The Balaban J connectivity index is 3.17. The van der Waals surface area contributed by atoms with Crippen molar-refractivity contribution in [3.63, 3.8) is 0 Å². The molecule has 0 amide bonds. The van der Waals surface area contributed by atoms with Gasteiger partial charge < -0.3 is 0 Å². The second-order valence-corrected chi connectivity index (χ2v) is 5.29. The Bertz CT molecular complexity index is 338. The SMILES string of the molecule is CC(C)S(=O)(=O)c1[c]cccc1. The van der Waals surface area contributed by atoms with Gasteiger partial charge in [-0.1, -0.05) is 18.2 Å². The molecule has 0 bridgehead atoms. The van der Waals surface area contributed by atoms with E-state index in [4.69, 9.17) is 0 Å². The smallest absolute Gasteiger partial charge is 0.181 e. The predicted molar refractivity (Wildman–Crippen MR) is 47.6 cm³/mol. The summed E-state index contributed by atoms with van der Waals surface area (Å²) >= 11 is 0. The Morgan fingerprint density at radius 3 is 2.42 bits per heavy atom. The molecule has 0 aliphatic heterocycles. The summed E-state index contributed by atoms with van der Waals surface area (Å²) in [7, 11) is -3.13. The van der Waals surface area contributed by atoms with Crippen LogP contribution in [0, 0.1) is 6.07 Å². The second-order valence-electron chi connectivity index (χ2n) is 2.82. The van der Waals surface area contributed by atoms with Crippen LogP contribution < -0.4 is 0 Å². The highest BCUT2D eigenvalue weighted by atomic mass is 32.2. The van der Waals surface area contributed by atoms with Crippen LogP contribution in [0.4, 0.5) is 0 Å². The highest BCUT2D eigenvalue weighted by Gasteiger charge is 2.17. The normalized spacial score (nSPS) is 11.9. The second kappa shape index (κ2) is 3.27. The first-order valence-corrected chi connectivity index (χ1v) is 5.30. The third-order valence-electron chi connectivity index (χ3n) is 1.61. The van der Waals surface area contributed by atoms with Crippen LogP contribution in [-0.4, -0.2) is 13.7 Å². The van der Waals surface area contributed by atoms with Crippen molar-refractivity contribution in [2.24, 2.45) is 0 Å². The number of benzene rings is 1. The number of sulfone groups is 1. The minimum Gasteiger partial charge on any atom is -0.223 e. The highest BCUT2D eigenvalue weighted by molar-refractivity contribution is 7.92. The van der Waals surface area contributed by atoms with E-state index < -0.39 is 9.84 Å². The van der Waals surface area contributed by atoms with E-state index in [1.54, 1.807) is 38.1 Å². The van der Waals surface area contributed by atoms with Gasteiger partial charge in [-0.05, 0) is 19.9 Å². The number of hydrogen-bond donors (Lipinski definition) is 0. The van der Waals surface area contributed by atoms with Gasteiger partial charge in [-0.15, -0.1) is 0 Å². The van der Waals surface area contributed by atoms with Gasteiger partial charge in [0.1, 0.15) is 0 Å². The third-order valence-corrected chi connectivity index (χ3v) is 3.72. The molecule has 65 valence electrons. The molecule has 0 aromatic heterocycles. The molecule has 12 heavy (non-hydrogen) atoms. The van der Waals surface area contributed by atoms with Crippen molar-refractivity contribution in [3.8, 4) is 0 Å². The van der Waals surface area contributed by atoms with Crippen LogP contribution in [0.2, 0.25) is 0 Å². The number of rotatable bonds is 2. The zero-order valence-corrected chi connectivity index (χ0v) is 7.93. The van der Waals surface area contributed by atoms with Gasteiger partial charge in [0.05, 0.1) is 10.1 Å². The lowest BCUT2D eigenvalue weighted by Crippen LogP contribution is -2.13. The Morgan fingerprint density at radius 1 is 1.33 bits per heavy atom. The van der Waals surface area contributed by atoms with Gasteiger partial charge in [0.25, 0.3) is 0 Å². The summed E-state index contributed by atoms with van der Waals surface area (Å²) in [5, 5.41) is -0.379. The van der Waals surface area contributed by atoms with E-state index in [1.807, 2.05) is 0 Å². The summed E-state index contributed by atoms with van der Waals surface area (Å²) in [5.74, 6) is 0. The molecule has 0 N–H and O–H groups in total. The molecule has 0 spiro atoms. The monoisotopic (exact) mass is 183 g/mol. The molecule has 0 atom stereocenters. The topological polar surface area (TPSA) is 34.1 Å². The molecule has 3 heteroatoms. The first kappa shape index (κ1) is 9.26. The lowest BCUT2D eigenvalue weighted by molar-refractivity contribution is 0.587. The van der Waals surface area contributed by atoms with Gasteiger partial charge in [0.2, 0.25) is 0 Å². The molecule has 0 unspecified atom stereocenters. The summed E-state index contributed by atoms with van der Waals surface area (Å²) in [6.07, 6.45) is 0. The maximum atomic E-state index is 11.5. The molecule has 1 radical (unpaired) electrons. The fourth-order valence-electron chi connectivity index (χ4n) is 0.808. The quantitative estimate of drug-likeness (QED) is 0.699. The molecule has 0 aliphatic rings. The Morgan fingerprint density at radius 2 is 2.00 bits per heavy atom. The van der Waals surface area contributed by atoms with Crippen molar-refractivity contribution in [2.75, 3.05) is 0 Å². The number of hydrogen-bond acceptors (Lipinski definition) is 2. The van der Waals surface area contributed by atoms with Crippen LogP contribution in [0.5, 0.6) is 0 Å². The molecule has 1 aromatic carbocycles. The first-order valence-electron chi connectivity index (χ1n) is 3.76. The van der Waals surface area contributed by atoms with Gasteiger partial charge in [0, 0.05) is 6.07 Å². The maximum absolute atomic E-state index is 11.5. The van der Waals surface area contributed by atoms with Crippen LogP contribution in [0.1, 0.15) is 13.8 Å². The van der Waals surface area contributed by atoms with Gasteiger partial charge in [0.15, 0.2) is 9.84 Å². The summed E-state index contributed by atoms with van der Waals surface area (Å²) < 4.78 is 23.0. The van der Waals surface area contributed by atoms with Crippen molar-refractivity contribution in [3.05, 3.63) is 30.3 Å². The molecule has 2 nitrogen and oxygen atoms in total. The Kier molecular flexibility index (Phi) is 2.52. The minimum atomic E-state index is -3.13. The molecule has 1 rings (SSSR count). The molecule has 0 saturated heterocycles. The molecular formula is C9H11O2S. The summed E-state index contributed by atoms with van der Waals surface area (Å²) in [6.45, 7) is 3.33. The van der Waals surface area contributed by atoms with Crippen molar-refractivity contribution in [1.82, 2.24) is 0 Å². The standard InChI is InChI=1S/C9H11O2S/c1-8(2)12(10,11)9-6-4-3-5-7-9/h3-6,8H,1-2H3. The van der Waals surface area contributed by atoms with E-state index in [2.05, 4.69) is 6.07 Å². The minimum absolute atomic E-state index is 0.278. The highest BCUT2D eigenvalue weighted by Crippen LogP contribution is 2.13. The van der Waals surface area contributed by atoms with E-state index in [1.165, 1.54) is 0 Å². The van der Waals surface area contributed by atoms with Crippen LogP contribution in [0.15, 0.2) is 29.2 Å². The van der Waals surface area contributed by atoms with E-state index in [0.717, 1.165) is 0 Å². The molecule has 0 heterocycles. The van der Waals surface area contributed by atoms with Gasteiger partial charge in [-0.2, -0.15) is 0 Å². The summed E-state index contributed by atoms with van der Waals surface area (Å²) in [5.41, 5.74) is 0. The lowest BCUT2D eigenvalue weighted by atomic mass is 10.4. The van der Waals surface area contributed by atoms with E-state index >= 15 is 0 Å². The molecular weight excluding hydrogens is 172 g/mol. The average Bonchev–Trinajstić information content (AvgIpc) is 2.06. The van der Waals surface area contributed by atoms with Crippen molar-refractivity contribution in [2.45, 2.75) is 24.0 Å². The molecule has 1 aromatic rings. The van der Waals surface area contributed by atoms with Gasteiger partial charge >= 0.3 is 0 Å². The average molecular weight is 183 g/mol. The predicted octanol–water partition coefficient (Wildman–Crippen LogP) is 1.67. The Hall–Kier alpha value is -0.830. The van der Waals surface area contributed by atoms with Crippen molar-refractivity contribution in [1.29, 1.82) is 0 Å². The maximum Gasteiger partial charge on any atom is 0.181 e. The summed E-state index contributed by atoms with van der Waals surface area (Å²) in [4.78, 5) is 0.278. The van der Waals surface area contributed by atoms with Crippen LogP contribution >= 0.6 is 0 Å². The van der Waals surface area contributed by atoms with Crippen molar-refractivity contribution < 1.29 is 8.42 Å². The fourth-order valence-corrected chi connectivity index (χ4v) is 1.82. The van der Waals surface area contributed by atoms with E-state index in [9.17, 15) is 8.42 Å². The fraction of sp³-hybridized carbons (Fsp3) is 0.333. The summed E-state index contributed by atoms with van der Waals surface area (Å²) in [6, 6.07) is 9.32. The zero-order valence-electron chi connectivity index (χ0n) is 7.11. The Labute approximate surface area is 73.2 Å². The zero-order chi connectivity index (χ0) is 9.19. The van der Waals surface area contributed by atoms with Crippen LogP contribution in [-0.2, 0) is 9.84 Å².